The molecule has 19 heavy (non-hydrogen) atoms. The molecule has 2 nitrogen and oxygen atoms in total. The van der Waals surface area contributed by atoms with Gasteiger partial charge in [-0.2, -0.15) is 11.8 Å². The van der Waals surface area contributed by atoms with Gasteiger partial charge in [-0.1, -0.05) is 31.5 Å². The lowest BCUT2D eigenvalue weighted by Crippen LogP contribution is -2.28. The first kappa shape index (κ1) is 14.7. The molecule has 1 aliphatic heterocycles. The van der Waals surface area contributed by atoms with E-state index < -0.39 is 0 Å². The van der Waals surface area contributed by atoms with Crippen LogP contribution in [0.2, 0.25) is 0 Å². The fourth-order valence-electron chi connectivity index (χ4n) is 2.47. The van der Waals surface area contributed by atoms with Crippen LogP contribution in [0.3, 0.4) is 0 Å². The number of nitrogens with zero attached hydrogens (tertiary/aromatic N) is 1. The van der Waals surface area contributed by atoms with E-state index in [0.29, 0.717) is 6.04 Å². The van der Waals surface area contributed by atoms with Gasteiger partial charge in [-0.15, -0.1) is 0 Å². The van der Waals surface area contributed by atoms with Crippen LogP contribution in [0, 0.1) is 6.92 Å². The standard InChI is InChI=1S/C16H26N2S/c1-13(2)17-12-15-11-14(3)5-6-16(15)18-7-4-9-19-10-8-18/h5-6,11,13,17H,4,7-10,12H2,1-3H3. The first-order chi connectivity index (χ1) is 9.16. The molecule has 0 aliphatic carbocycles. The van der Waals surface area contributed by atoms with E-state index in [9.17, 15) is 0 Å². The van der Waals surface area contributed by atoms with E-state index in [1.165, 1.54) is 47.8 Å². The van der Waals surface area contributed by atoms with Gasteiger partial charge in [0.05, 0.1) is 0 Å². The van der Waals surface area contributed by atoms with Gasteiger partial charge in [-0.25, -0.2) is 0 Å². The fourth-order valence-corrected chi connectivity index (χ4v) is 3.35. The van der Waals surface area contributed by atoms with E-state index in [4.69, 9.17) is 0 Å². The van der Waals surface area contributed by atoms with Crippen LogP contribution >= 0.6 is 11.8 Å². The molecule has 3 heteroatoms. The molecule has 0 unspecified atom stereocenters. The fraction of sp³-hybridized carbons (Fsp3) is 0.625. The van der Waals surface area contributed by atoms with Crippen LogP contribution in [0.5, 0.6) is 0 Å². The zero-order valence-electron chi connectivity index (χ0n) is 12.4. The Kier molecular flexibility index (Phi) is 5.59. The van der Waals surface area contributed by atoms with Gasteiger partial charge >= 0.3 is 0 Å². The van der Waals surface area contributed by atoms with Crippen molar-refractivity contribution in [3.63, 3.8) is 0 Å². The highest BCUT2D eigenvalue weighted by molar-refractivity contribution is 7.99. The Hall–Kier alpha value is -0.670. The zero-order chi connectivity index (χ0) is 13.7. The van der Waals surface area contributed by atoms with Crippen LogP contribution in [-0.4, -0.2) is 30.6 Å². The van der Waals surface area contributed by atoms with Gasteiger partial charge in [-0.05, 0) is 30.7 Å². The predicted octanol–water partition coefficient (Wildman–Crippen LogP) is 3.44. The molecule has 0 saturated carbocycles. The summed E-state index contributed by atoms with van der Waals surface area (Å²) >= 11 is 2.08. The quantitative estimate of drug-likeness (QED) is 0.908. The van der Waals surface area contributed by atoms with Crippen LogP contribution in [0.4, 0.5) is 5.69 Å². The van der Waals surface area contributed by atoms with Crippen LogP contribution in [0.1, 0.15) is 31.4 Å². The molecule has 0 spiro atoms. The summed E-state index contributed by atoms with van der Waals surface area (Å²) < 4.78 is 0. The van der Waals surface area contributed by atoms with Crippen molar-refractivity contribution in [3.8, 4) is 0 Å². The normalized spacial score (nSPS) is 16.7. The lowest BCUT2D eigenvalue weighted by atomic mass is 10.1. The number of rotatable bonds is 4. The predicted molar refractivity (Wildman–Crippen MR) is 87.3 cm³/mol. The van der Waals surface area contributed by atoms with Crippen molar-refractivity contribution in [2.24, 2.45) is 0 Å². The topological polar surface area (TPSA) is 15.3 Å². The van der Waals surface area contributed by atoms with E-state index in [0.717, 1.165) is 6.54 Å². The van der Waals surface area contributed by atoms with Gasteiger partial charge in [0.2, 0.25) is 0 Å². The van der Waals surface area contributed by atoms with Gasteiger partial charge in [-0.3, -0.25) is 0 Å². The Morgan fingerprint density at radius 3 is 2.89 bits per heavy atom. The number of nitrogens with one attached hydrogen (secondary N) is 1. The molecule has 1 aliphatic rings. The third-order valence-corrected chi connectivity index (χ3v) is 4.55. The summed E-state index contributed by atoms with van der Waals surface area (Å²) in [6, 6.07) is 7.42. The highest BCUT2D eigenvalue weighted by Gasteiger charge is 2.13. The number of benzene rings is 1. The van der Waals surface area contributed by atoms with Gasteiger partial charge in [0, 0.05) is 37.1 Å². The molecule has 0 radical (unpaired) electrons. The van der Waals surface area contributed by atoms with E-state index >= 15 is 0 Å². The number of thioether (sulfide) groups is 1. The molecular weight excluding hydrogens is 252 g/mol. The van der Waals surface area contributed by atoms with Gasteiger partial charge in [0.25, 0.3) is 0 Å². The number of hydrogen-bond acceptors (Lipinski definition) is 3. The summed E-state index contributed by atoms with van der Waals surface area (Å²) in [5, 5.41) is 3.55. The molecule has 0 amide bonds. The molecule has 1 N–H and O–H groups in total. The third-order valence-electron chi connectivity index (χ3n) is 3.50. The van der Waals surface area contributed by atoms with E-state index in [2.05, 4.69) is 60.9 Å². The SMILES string of the molecule is Cc1ccc(N2CCCSCC2)c(CNC(C)C)c1. The largest absolute Gasteiger partial charge is 0.370 e. The summed E-state index contributed by atoms with van der Waals surface area (Å²) in [5.41, 5.74) is 4.23. The number of anilines is 1. The molecular formula is C16H26N2S. The van der Waals surface area contributed by atoms with Crippen molar-refractivity contribution in [1.29, 1.82) is 0 Å². The van der Waals surface area contributed by atoms with Crippen molar-refractivity contribution in [1.82, 2.24) is 5.32 Å². The number of aryl methyl sites for hydroxylation is 1. The highest BCUT2D eigenvalue weighted by Crippen LogP contribution is 2.24. The molecule has 1 saturated heterocycles. The highest BCUT2D eigenvalue weighted by atomic mass is 32.2. The van der Waals surface area contributed by atoms with E-state index in [1.807, 2.05) is 0 Å². The van der Waals surface area contributed by atoms with Crippen LogP contribution in [0.15, 0.2) is 18.2 Å². The average molecular weight is 278 g/mol. The minimum atomic E-state index is 0.535. The van der Waals surface area contributed by atoms with Crippen LogP contribution in [-0.2, 0) is 6.54 Å². The van der Waals surface area contributed by atoms with Crippen molar-refractivity contribution in [2.75, 3.05) is 29.5 Å². The average Bonchev–Trinajstić information content (AvgIpc) is 2.65. The second-order valence-electron chi connectivity index (χ2n) is 5.62. The molecule has 0 bridgehead atoms. The van der Waals surface area contributed by atoms with E-state index in [1.54, 1.807) is 0 Å². The van der Waals surface area contributed by atoms with Gasteiger partial charge < -0.3 is 10.2 Å². The smallest absolute Gasteiger partial charge is 0.0412 e. The summed E-state index contributed by atoms with van der Waals surface area (Å²) in [6.07, 6.45) is 1.30. The Morgan fingerprint density at radius 1 is 1.26 bits per heavy atom. The zero-order valence-corrected chi connectivity index (χ0v) is 13.2. The summed E-state index contributed by atoms with van der Waals surface area (Å²) in [6.45, 7) is 9.95. The Bertz CT molecular complexity index is 396. The molecule has 1 aromatic rings. The minimum absolute atomic E-state index is 0.535. The minimum Gasteiger partial charge on any atom is -0.370 e. The van der Waals surface area contributed by atoms with Crippen molar-refractivity contribution in [2.45, 2.75) is 39.8 Å². The first-order valence-corrected chi connectivity index (χ1v) is 8.48. The molecule has 2 rings (SSSR count). The lowest BCUT2D eigenvalue weighted by Gasteiger charge is -2.26. The summed E-state index contributed by atoms with van der Waals surface area (Å²) in [4.78, 5) is 2.57. The molecule has 1 heterocycles. The van der Waals surface area contributed by atoms with E-state index in [-0.39, 0.29) is 0 Å². The van der Waals surface area contributed by atoms with Crippen molar-refractivity contribution < 1.29 is 0 Å². The van der Waals surface area contributed by atoms with Crippen LogP contribution in [0.25, 0.3) is 0 Å². The molecule has 1 aromatic carbocycles. The third kappa shape index (κ3) is 4.43. The first-order valence-electron chi connectivity index (χ1n) is 7.32. The van der Waals surface area contributed by atoms with Gasteiger partial charge in [0.1, 0.15) is 0 Å². The van der Waals surface area contributed by atoms with Gasteiger partial charge in [0.15, 0.2) is 0 Å². The van der Waals surface area contributed by atoms with Crippen LogP contribution < -0.4 is 10.2 Å². The summed E-state index contributed by atoms with van der Waals surface area (Å²) in [5.74, 6) is 2.56. The lowest BCUT2D eigenvalue weighted by molar-refractivity contribution is 0.587. The maximum absolute atomic E-state index is 3.55. The molecule has 1 fully saturated rings. The second-order valence-corrected chi connectivity index (χ2v) is 6.85. The second kappa shape index (κ2) is 7.20. The van der Waals surface area contributed by atoms with Crippen molar-refractivity contribution >= 4 is 17.4 Å². The van der Waals surface area contributed by atoms with Crippen molar-refractivity contribution in [3.05, 3.63) is 29.3 Å². The molecule has 0 aromatic heterocycles. The maximum atomic E-state index is 3.55. The Morgan fingerprint density at radius 2 is 2.11 bits per heavy atom. The monoisotopic (exact) mass is 278 g/mol. The Balaban J connectivity index is 2.17. The Labute approximate surface area is 122 Å². The molecule has 0 atom stereocenters. The molecule has 106 valence electrons. The maximum Gasteiger partial charge on any atom is 0.0412 e. The summed E-state index contributed by atoms with van der Waals surface area (Å²) in [7, 11) is 0. The number of hydrogen-bond donors (Lipinski definition) is 1.